The molecule has 0 aliphatic rings. The summed E-state index contributed by atoms with van der Waals surface area (Å²) >= 11 is 3.33. The molecule has 1 amide bonds. The van der Waals surface area contributed by atoms with Crippen LogP contribution in [0.1, 0.15) is 17.3 Å². The summed E-state index contributed by atoms with van der Waals surface area (Å²) in [5, 5.41) is 2.73. The Hall–Kier alpha value is -2.14. The normalized spacial score (nSPS) is 10.0. The molecule has 0 spiro atoms. The lowest BCUT2D eigenvalue weighted by Crippen LogP contribution is -2.20. The highest BCUT2D eigenvalue weighted by molar-refractivity contribution is 9.10. The lowest BCUT2D eigenvalue weighted by atomic mass is 10.1. The molecular formula is C16H14BrNO3. The summed E-state index contributed by atoms with van der Waals surface area (Å²) in [7, 11) is 0. The van der Waals surface area contributed by atoms with Gasteiger partial charge in [-0.3, -0.25) is 9.59 Å². The Morgan fingerprint density at radius 1 is 1.14 bits per heavy atom. The molecule has 0 fully saturated rings. The fraction of sp³-hybridized carbons (Fsp3) is 0.125. The molecule has 108 valence electrons. The molecule has 0 atom stereocenters. The van der Waals surface area contributed by atoms with E-state index in [1.165, 1.54) is 6.92 Å². The van der Waals surface area contributed by atoms with Gasteiger partial charge in [-0.2, -0.15) is 0 Å². The van der Waals surface area contributed by atoms with Crippen molar-refractivity contribution in [2.24, 2.45) is 0 Å². The second kappa shape index (κ2) is 7.04. The van der Waals surface area contributed by atoms with E-state index in [0.717, 1.165) is 4.47 Å². The summed E-state index contributed by atoms with van der Waals surface area (Å²) in [5.74, 6) is 0.187. The van der Waals surface area contributed by atoms with Crippen LogP contribution in [0.25, 0.3) is 0 Å². The standard InChI is InChI=1S/C16H14BrNO3/c1-11(19)12-4-2-7-15(8-12)21-10-16(20)18-14-6-3-5-13(17)9-14/h2-9H,10H2,1H3,(H,18,20). The number of hydrogen-bond donors (Lipinski definition) is 1. The van der Waals surface area contributed by atoms with E-state index in [9.17, 15) is 9.59 Å². The monoisotopic (exact) mass is 347 g/mol. The van der Waals surface area contributed by atoms with Crippen molar-refractivity contribution in [1.29, 1.82) is 0 Å². The van der Waals surface area contributed by atoms with Gasteiger partial charge in [0.2, 0.25) is 0 Å². The van der Waals surface area contributed by atoms with Crippen LogP contribution < -0.4 is 10.1 Å². The van der Waals surface area contributed by atoms with Crippen LogP contribution in [0.15, 0.2) is 53.0 Å². The number of benzene rings is 2. The van der Waals surface area contributed by atoms with Gasteiger partial charge >= 0.3 is 0 Å². The van der Waals surface area contributed by atoms with Crippen molar-refractivity contribution >= 4 is 33.3 Å². The van der Waals surface area contributed by atoms with Gasteiger partial charge in [-0.1, -0.05) is 34.1 Å². The van der Waals surface area contributed by atoms with Crippen LogP contribution in [0.2, 0.25) is 0 Å². The largest absolute Gasteiger partial charge is 0.484 e. The lowest BCUT2D eigenvalue weighted by Gasteiger charge is -2.08. The highest BCUT2D eigenvalue weighted by Gasteiger charge is 2.06. The molecule has 0 aliphatic heterocycles. The number of anilines is 1. The molecule has 4 nitrogen and oxygen atoms in total. The first-order valence-corrected chi connectivity index (χ1v) is 7.13. The highest BCUT2D eigenvalue weighted by atomic mass is 79.9. The Labute approximate surface area is 131 Å². The fourth-order valence-corrected chi connectivity index (χ4v) is 2.12. The smallest absolute Gasteiger partial charge is 0.262 e. The maximum absolute atomic E-state index is 11.8. The third kappa shape index (κ3) is 4.72. The van der Waals surface area contributed by atoms with E-state index >= 15 is 0 Å². The molecule has 5 heteroatoms. The summed E-state index contributed by atoms with van der Waals surface area (Å²) in [4.78, 5) is 23.1. The van der Waals surface area contributed by atoms with Gasteiger partial charge < -0.3 is 10.1 Å². The van der Waals surface area contributed by atoms with Gasteiger partial charge in [-0.25, -0.2) is 0 Å². The average Bonchev–Trinajstić information content (AvgIpc) is 2.45. The quantitative estimate of drug-likeness (QED) is 0.839. The van der Waals surface area contributed by atoms with Crippen LogP contribution in [-0.2, 0) is 4.79 Å². The molecule has 0 heterocycles. The summed E-state index contributed by atoms with van der Waals surface area (Å²) in [5.41, 5.74) is 1.25. The molecule has 0 aromatic heterocycles. The summed E-state index contributed by atoms with van der Waals surface area (Å²) in [6, 6.07) is 14.0. The molecule has 2 aromatic rings. The number of ketones is 1. The zero-order valence-corrected chi connectivity index (χ0v) is 13.0. The van der Waals surface area contributed by atoms with Crippen LogP contribution in [0.4, 0.5) is 5.69 Å². The van der Waals surface area contributed by atoms with Crippen LogP contribution in [0.5, 0.6) is 5.75 Å². The Bertz CT molecular complexity index is 670. The van der Waals surface area contributed by atoms with Gasteiger partial charge in [0.25, 0.3) is 5.91 Å². The highest BCUT2D eigenvalue weighted by Crippen LogP contribution is 2.16. The number of hydrogen-bond acceptors (Lipinski definition) is 3. The molecule has 0 aliphatic carbocycles. The molecule has 2 aromatic carbocycles. The van der Waals surface area contributed by atoms with Gasteiger partial charge in [0, 0.05) is 15.7 Å². The first-order valence-electron chi connectivity index (χ1n) is 6.34. The maximum atomic E-state index is 11.8. The van der Waals surface area contributed by atoms with E-state index in [4.69, 9.17) is 4.74 Å². The van der Waals surface area contributed by atoms with Gasteiger partial charge in [0.1, 0.15) is 5.75 Å². The van der Waals surface area contributed by atoms with Crippen molar-refractivity contribution in [2.75, 3.05) is 11.9 Å². The molecular weight excluding hydrogens is 334 g/mol. The number of amides is 1. The van der Waals surface area contributed by atoms with Crippen LogP contribution in [-0.4, -0.2) is 18.3 Å². The minimum atomic E-state index is -0.263. The van der Waals surface area contributed by atoms with Crippen molar-refractivity contribution in [3.05, 3.63) is 58.6 Å². The number of ether oxygens (including phenoxy) is 1. The zero-order valence-electron chi connectivity index (χ0n) is 11.4. The van der Waals surface area contributed by atoms with E-state index in [0.29, 0.717) is 17.0 Å². The van der Waals surface area contributed by atoms with E-state index in [2.05, 4.69) is 21.2 Å². The Balaban J connectivity index is 1.92. The van der Waals surface area contributed by atoms with E-state index in [1.807, 2.05) is 12.1 Å². The van der Waals surface area contributed by atoms with E-state index < -0.39 is 0 Å². The maximum Gasteiger partial charge on any atom is 0.262 e. The van der Waals surface area contributed by atoms with Gasteiger partial charge in [-0.15, -0.1) is 0 Å². The fourth-order valence-electron chi connectivity index (χ4n) is 1.72. The molecule has 0 bridgehead atoms. The zero-order chi connectivity index (χ0) is 15.2. The van der Waals surface area contributed by atoms with Gasteiger partial charge in [0.15, 0.2) is 12.4 Å². The molecule has 21 heavy (non-hydrogen) atoms. The molecule has 1 N–H and O–H groups in total. The number of Topliss-reactive ketones (excluding diaryl/α,β-unsaturated/α-hetero) is 1. The Morgan fingerprint density at radius 3 is 2.62 bits per heavy atom. The van der Waals surface area contributed by atoms with Crippen molar-refractivity contribution < 1.29 is 14.3 Å². The molecule has 0 saturated heterocycles. The molecule has 2 rings (SSSR count). The minimum absolute atomic E-state index is 0.0426. The van der Waals surface area contributed by atoms with Crippen LogP contribution in [0, 0.1) is 0 Å². The van der Waals surface area contributed by atoms with Gasteiger partial charge in [0.05, 0.1) is 0 Å². The summed E-state index contributed by atoms with van der Waals surface area (Å²) < 4.78 is 6.27. The number of carbonyl (C=O) groups is 2. The molecule has 0 saturated carbocycles. The van der Waals surface area contributed by atoms with E-state index in [-0.39, 0.29) is 18.3 Å². The Kier molecular flexibility index (Phi) is 5.11. The number of rotatable bonds is 5. The second-order valence-electron chi connectivity index (χ2n) is 4.43. The first kappa shape index (κ1) is 15.3. The first-order chi connectivity index (χ1) is 10.0. The number of carbonyl (C=O) groups excluding carboxylic acids is 2. The number of halogens is 1. The van der Waals surface area contributed by atoms with Crippen molar-refractivity contribution in [1.82, 2.24) is 0 Å². The SMILES string of the molecule is CC(=O)c1cccc(OCC(=O)Nc2cccc(Br)c2)c1. The van der Waals surface area contributed by atoms with Crippen molar-refractivity contribution in [3.63, 3.8) is 0 Å². The second-order valence-corrected chi connectivity index (χ2v) is 5.35. The summed E-state index contributed by atoms with van der Waals surface area (Å²) in [6.07, 6.45) is 0. The van der Waals surface area contributed by atoms with Gasteiger partial charge in [-0.05, 0) is 37.3 Å². The van der Waals surface area contributed by atoms with Crippen molar-refractivity contribution in [2.45, 2.75) is 6.92 Å². The predicted molar refractivity (Wildman–Crippen MR) is 84.7 cm³/mol. The van der Waals surface area contributed by atoms with Crippen molar-refractivity contribution in [3.8, 4) is 5.75 Å². The summed E-state index contributed by atoms with van der Waals surface area (Å²) in [6.45, 7) is 1.37. The third-order valence-corrected chi connectivity index (χ3v) is 3.21. The predicted octanol–water partition coefficient (Wildman–Crippen LogP) is 3.67. The molecule has 0 unspecified atom stereocenters. The Morgan fingerprint density at radius 2 is 1.90 bits per heavy atom. The third-order valence-electron chi connectivity index (χ3n) is 2.72. The minimum Gasteiger partial charge on any atom is -0.484 e. The van der Waals surface area contributed by atoms with E-state index in [1.54, 1.807) is 36.4 Å². The lowest BCUT2D eigenvalue weighted by molar-refractivity contribution is -0.118. The average molecular weight is 348 g/mol. The molecule has 0 radical (unpaired) electrons. The topological polar surface area (TPSA) is 55.4 Å². The number of nitrogens with one attached hydrogen (secondary N) is 1. The van der Waals surface area contributed by atoms with Crippen LogP contribution >= 0.6 is 15.9 Å². The van der Waals surface area contributed by atoms with Crippen LogP contribution in [0.3, 0.4) is 0 Å².